The van der Waals surface area contributed by atoms with Crippen molar-refractivity contribution in [2.24, 2.45) is 0 Å². The zero-order chi connectivity index (χ0) is 17.6. The minimum absolute atomic E-state index is 0.0255. The molecule has 0 bridgehead atoms. The number of ketones is 1. The fourth-order valence-electron chi connectivity index (χ4n) is 1.59. The van der Waals surface area contributed by atoms with Crippen LogP contribution in [0.5, 0.6) is 0 Å². The van der Waals surface area contributed by atoms with Gasteiger partial charge < -0.3 is 19.7 Å². The second kappa shape index (κ2) is 7.70. The van der Waals surface area contributed by atoms with Crippen LogP contribution in [-0.2, 0) is 16.0 Å². The lowest BCUT2D eigenvalue weighted by Crippen LogP contribution is -2.42. The van der Waals surface area contributed by atoms with Crippen molar-refractivity contribution in [3.63, 3.8) is 0 Å². The molecule has 0 unspecified atom stereocenters. The summed E-state index contributed by atoms with van der Waals surface area (Å²) in [5.41, 5.74) is -0.670. The zero-order valence-electron chi connectivity index (χ0n) is 13.6. The van der Waals surface area contributed by atoms with Crippen LogP contribution in [0.25, 0.3) is 0 Å². The van der Waals surface area contributed by atoms with Crippen LogP contribution in [0.15, 0.2) is 4.52 Å². The van der Waals surface area contributed by atoms with Crippen molar-refractivity contribution in [2.45, 2.75) is 58.6 Å². The summed E-state index contributed by atoms with van der Waals surface area (Å²) in [4.78, 5) is 38.0. The number of alkyl carbamates (subject to hydrolysis) is 1. The Labute approximate surface area is 133 Å². The summed E-state index contributed by atoms with van der Waals surface area (Å²) in [6.07, 6.45) is -0.150. The number of carbonyl (C=O) groups is 3. The smallest absolute Gasteiger partial charge is 0.408 e. The van der Waals surface area contributed by atoms with Gasteiger partial charge in [-0.1, -0.05) is 5.16 Å². The van der Waals surface area contributed by atoms with Crippen molar-refractivity contribution in [3.8, 4) is 0 Å². The number of aromatic nitrogens is 2. The number of Topliss-reactive ketones (excluding diaryl/α,β-unsaturated/α-hetero) is 1. The Balaban J connectivity index is 2.55. The lowest BCUT2D eigenvalue weighted by Gasteiger charge is -2.21. The highest BCUT2D eigenvalue weighted by molar-refractivity contribution is 5.98. The van der Waals surface area contributed by atoms with Crippen molar-refractivity contribution in [1.82, 2.24) is 15.5 Å². The summed E-state index contributed by atoms with van der Waals surface area (Å²) < 4.78 is 9.94. The Hall–Kier alpha value is -2.45. The third-order valence-corrected chi connectivity index (χ3v) is 2.60. The zero-order valence-corrected chi connectivity index (χ0v) is 13.6. The Bertz CT molecular complexity index is 575. The quantitative estimate of drug-likeness (QED) is 0.721. The topological polar surface area (TPSA) is 132 Å². The van der Waals surface area contributed by atoms with Gasteiger partial charge in [-0.15, -0.1) is 0 Å². The largest absolute Gasteiger partial charge is 0.481 e. The van der Waals surface area contributed by atoms with E-state index in [2.05, 4.69) is 15.5 Å². The molecule has 0 aliphatic heterocycles. The number of nitrogens with one attached hydrogen (secondary N) is 1. The summed E-state index contributed by atoms with van der Waals surface area (Å²) in [6.45, 7) is 6.61. The number of ether oxygens (including phenoxy) is 1. The molecule has 1 heterocycles. The maximum absolute atomic E-state index is 12.1. The molecule has 1 aromatic rings. The molecule has 1 amide bonds. The van der Waals surface area contributed by atoms with Crippen LogP contribution in [0, 0.1) is 0 Å². The highest BCUT2D eigenvalue weighted by Crippen LogP contribution is 2.08. The average molecular weight is 327 g/mol. The third kappa shape index (κ3) is 6.90. The van der Waals surface area contributed by atoms with E-state index in [0.717, 1.165) is 0 Å². The van der Waals surface area contributed by atoms with Crippen LogP contribution in [0.1, 0.15) is 57.0 Å². The third-order valence-electron chi connectivity index (χ3n) is 2.60. The van der Waals surface area contributed by atoms with E-state index in [1.807, 2.05) is 0 Å². The van der Waals surface area contributed by atoms with E-state index in [1.165, 1.54) is 6.92 Å². The molecule has 1 rings (SSSR count). The van der Waals surface area contributed by atoms with Crippen LogP contribution in [0.2, 0.25) is 0 Å². The Morgan fingerprint density at radius 3 is 2.57 bits per heavy atom. The molecule has 0 saturated heterocycles. The van der Waals surface area contributed by atoms with Gasteiger partial charge in [-0.3, -0.25) is 9.59 Å². The summed E-state index contributed by atoms with van der Waals surface area (Å²) in [5, 5.41) is 14.5. The van der Waals surface area contributed by atoms with Gasteiger partial charge in [0.05, 0.1) is 6.04 Å². The van der Waals surface area contributed by atoms with E-state index < -0.39 is 29.5 Å². The molecule has 0 aromatic carbocycles. The number of hydrogen-bond donors (Lipinski definition) is 2. The summed E-state index contributed by atoms with van der Waals surface area (Å²) in [5.74, 6) is -1.43. The second-order valence-corrected chi connectivity index (χ2v) is 5.99. The number of aryl methyl sites for hydroxylation is 1. The van der Waals surface area contributed by atoms with Gasteiger partial charge in [-0.25, -0.2) is 4.79 Å². The minimum atomic E-state index is -0.920. The molecule has 9 nitrogen and oxygen atoms in total. The monoisotopic (exact) mass is 327 g/mol. The van der Waals surface area contributed by atoms with E-state index in [9.17, 15) is 14.4 Å². The molecule has 1 aromatic heterocycles. The number of aliphatic carboxylic acids is 1. The van der Waals surface area contributed by atoms with Crippen LogP contribution in [-0.4, -0.2) is 44.7 Å². The molecule has 0 aliphatic carbocycles. The lowest BCUT2D eigenvalue weighted by molar-refractivity contribution is -0.137. The number of rotatable bonds is 7. The molecule has 0 fully saturated rings. The Morgan fingerprint density at radius 1 is 1.35 bits per heavy atom. The van der Waals surface area contributed by atoms with Gasteiger partial charge in [0.15, 0.2) is 0 Å². The first-order chi connectivity index (χ1) is 10.6. The summed E-state index contributed by atoms with van der Waals surface area (Å²) >= 11 is 0. The number of carboxylic acids is 1. The van der Waals surface area contributed by atoms with Gasteiger partial charge in [0.1, 0.15) is 5.60 Å². The fraction of sp³-hybridized carbons (Fsp3) is 0.643. The molecule has 2 N–H and O–H groups in total. The fourth-order valence-corrected chi connectivity index (χ4v) is 1.59. The minimum Gasteiger partial charge on any atom is -0.481 e. The summed E-state index contributed by atoms with van der Waals surface area (Å²) in [6, 6.07) is -0.880. The normalized spacial score (nSPS) is 12.5. The van der Waals surface area contributed by atoms with Crippen molar-refractivity contribution in [3.05, 3.63) is 11.7 Å². The highest BCUT2D eigenvalue weighted by atomic mass is 16.6. The second-order valence-electron chi connectivity index (χ2n) is 5.99. The van der Waals surface area contributed by atoms with Gasteiger partial charge in [0, 0.05) is 12.8 Å². The van der Waals surface area contributed by atoms with Gasteiger partial charge >= 0.3 is 12.1 Å². The molecule has 128 valence electrons. The Kier molecular flexibility index (Phi) is 6.23. The predicted molar refractivity (Wildman–Crippen MR) is 78.0 cm³/mol. The number of carbonyl (C=O) groups excluding carboxylic acids is 2. The summed E-state index contributed by atoms with van der Waals surface area (Å²) in [7, 11) is 0. The van der Waals surface area contributed by atoms with Gasteiger partial charge in [-0.05, 0) is 34.1 Å². The number of carboxylic acid groups (broad SMARTS) is 1. The maximum Gasteiger partial charge on any atom is 0.408 e. The first kappa shape index (κ1) is 18.6. The van der Waals surface area contributed by atoms with E-state index in [1.54, 1.807) is 20.8 Å². The van der Waals surface area contributed by atoms with Gasteiger partial charge in [0.2, 0.25) is 17.5 Å². The van der Waals surface area contributed by atoms with Gasteiger partial charge in [0.25, 0.3) is 0 Å². The molecule has 1 atom stereocenters. The standard InChI is InChI=1S/C14H21N3O6/c1-8(15-13(21)22-14(2,3)4)11(20)12-16-9(23-17-12)6-5-7-10(18)19/h8H,5-7H2,1-4H3,(H,15,21)(H,18,19)/t8-/m1/s1. The van der Waals surface area contributed by atoms with Crippen molar-refractivity contribution in [2.75, 3.05) is 0 Å². The van der Waals surface area contributed by atoms with Crippen molar-refractivity contribution < 1.29 is 28.8 Å². The average Bonchev–Trinajstić information content (AvgIpc) is 2.83. The molecule has 23 heavy (non-hydrogen) atoms. The van der Waals surface area contributed by atoms with Gasteiger partial charge in [-0.2, -0.15) is 4.98 Å². The van der Waals surface area contributed by atoms with Crippen LogP contribution >= 0.6 is 0 Å². The lowest BCUT2D eigenvalue weighted by atomic mass is 10.2. The Morgan fingerprint density at radius 2 is 2.00 bits per heavy atom. The van der Waals surface area contributed by atoms with Crippen LogP contribution in [0.4, 0.5) is 4.79 Å². The first-order valence-corrected chi connectivity index (χ1v) is 7.16. The highest BCUT2D eigenvalue weighted by Gasteiger charge is 2.25. The molecular formula is C14H21N3O6. The number of nitrogens with zero attached hydrogens (tertiary/aromatic N) is 2. The molecule has 0 saturated carbocycles. The van der Waals surface area contributed by atoms with Crippen molar-refractivity contribution >= 4 is 17.8 Å². The van der Waals surface area contributed by atoms with E-state index in [0.29, 0.717) is 6.42 Å². The van der Waals surface area contributed by atoms with Crippen LogP contribution < -0.4 is 5.32 Å². The number of hydrogen-bond acceptors (Lipinski definition) is 7. The first-order valence-electron chi connectivity index (χ1n) is 7.16. The molecule has 0 spiro atoms. The van der Waals surface area contributed by atoms with Crippen molar-refractivity contribution in [1.29, 1.82) is 0 Å². The van der Waals surface area contributed by atoms with E-state index in [4.69, 9.17) is 14.4 Å². The molecule has 9 heteroatoms. The SMILES string of the molecule is C[C@@H](NC(=O)OC(C)(C)C)C(=O)c1noc(CCCC(=O)O)n1. The molecular weight excluding hydrogens is 306 g/mol. The predicted octanol–water partition coefficient (Wildman–Crippen LogP) is 1.57. The molecule has 0 radical (unpaired) electrons. The molecule has 0 aliphatic rings. The number of amides is 1. The van der Waals surface area contributed by atoms with Crippen LogP contribution in [0.3, 0.4) is 0 Å². The van der Waals surface area contributed by atoms with E-state index in [-0.39, 0.29) is 24.6 Å². The maximum atomic E-state index is 12.1. The van der Waals surface area contributed by atoms with E-state index >= 15 is 0 Å².